The highest BCUT2D eigenvalue weighted by molar-refractivity contribution is 5.90. The van der Waals surface area contributed by atoms with Crippen molar-refractivity contribution in [3.63, 3.8) is 0 Å². The molecule has 2 heterocycles. The van der Waals surface area contributed by atoms with E-state index in [4.69, 9.17) is 9.47 Å². The number of carboxylic acids is 1. The average Bonchev–Trinajstić information content (AvgIpc) is 3.17. The van der Waals surface area contributed by atoms with Gasteiger partial charge in [-0.15, -0.1) is 0 Å². The number of cyclic esters (lactones) is 1. The summed E-state index contributed by atoms with van der Waals surface area (Å²) in [5, 5.41) is 12.3. The molecule has 170 valence electrons. The molecule has 1 saturated heterocycles. The quantitative estimate of drug-likeness (QED) is 0.745. The molecule has 0 spiro atoms. The Bertz CT molecular complexity index is 796. The van der Waals surface area contributed by atoms with Crippen LogP contribution in [0.2, 0.25) is 0 Å². The second kappa shape index (κ2) is 10.6. The molecule has 0 aromatic heterocycles. The van der Waals surface area contributed by atoms with Gasteiger partial charge in [-0.1, -0.05) is 38.1 Å². The summed E-state index contributed by atoms with van der Waals surface area (Å²) >= 11 is 0. The van der Waals surface area contributed by atoms with Crippen LogP contribution in [0.5, 0.6) is 0 Å². The summed E-state index contributed by atoms with van der Waals surface area (Å²) in [4.78, 5) is 38.5. The zero-order chi connectivity index (χ0) is 22.4. The molecule has 2 amide bonds. The first-order valence-electron chi connectivity index (χ1n) is 11.0. The lowest BCUT2D eigenvalue weighted by atomic mass is 10.0. The van der Waals surface area contributed by atoms with Crippen molar-refractivity contribution in [3.8, 4) is 0 Å². The number of ether oxygens (including phenoxy) is 2. The third kappa shape index (κ3) is 6.19. The lowest BCUT2D eigenvalue weighted by Gasteiger charge is -2.29. The first kappa shape index (κ1) is 23.1. The minimum Gasteiger partial charge on any atom is -0.480 e. The van der Waals surface area contributed by atoms with Gasteiger partial charge in [0.15, 0.2) is 0 Å². The average molecular weight is 433 g/mol. The molecular weight excluding hydrogens is 400 g/mol. The van der Waals surface area contributed by atoms with Crippen LogP contribution in [0.1, 0.15) is 50.7 Å². The summed E-state index contributed by atoms with van der Waals surface area (Å²) in [5.41, 5.74) is 2.25. The Balaban J connectivity index is 1.80. The second-order valence-corrected chi connectivity index (χ2v) is 8.65. The number of aryl methyl sites for hydroxylation is 1. The Morgan fingerprint density at radius 3 is 2.71 bits per heavy atom. The topological polar surface area (TPSA) is 105 Å². The number of alkyl carbamates (subject to hydrolysis) is 1. The van der Waals surface area contributed by atoms with Gasteiger partial charge in [-0.25, -0.2) is 9.59 Å². The molecule has 0 unspecified atom stereocenters. The van der Waals surface area contributed by atoms with E-state index in [9.17, 15) is 19.5 Å². The molecule has 2 aliphatic heterocycles. The van der Waals surface area contributed by atoms with Crippen molar-refractivity contribution < 1.29 is 29.0 Å². The van der Waals surface area contributed by atoms with Crippen LogP contribution in [0.3, 0.4) is 0 Å². The molecule has 3 atom stereocenters. The number of hydrogen-bond acceptors (Lipinski definition) is 5. The molecular formula is C23H32N2O6. The highest BCUT2D eigenvalue weighted by Crippen LogP contribution is 2.24. The maximum absolute atomic E-state index is 13.2. The lowest BCUT2D eigenvalue weighted by Crippen LogP contribution is -2.54. The third-order valence-electron chi connectivity index (χ3n) is 5.86. The number of benzene rings is 1. The van der Waals surface area contributed by atoms with Crippen LogP contribution in [-0.4, -0.2) is 59.3 Å². The van der Waals surface area contributed by atoms with E-state index in [0.29, 0.717) is 6.61 Å². The van der Waals surface area contributed by atoms with Crippen molar-refractivity contribution in [2.24, 2.45) is 5.92 Å². The molecule has 0 saturated carbocycles. The molecule has 31 heavy (non-hydrogen) atoms. The van der Waals surface area contributed by atoms with Crippen molar-refractivity contribution in [1.82, 2.24) is 10.2 Å². The SMILES string of the molecule is CC(C)[C@@H]1NC(=O)OCCCCCc2cccc(c2)CO[C@@H]2C[C@@H](C(=O)O)N(C2)C1=O. The normalized spacial score (nSPS) is 26.0. The van der Waals surface area contributed by atoms with Crippen LogP contribution in [-0.2, 0) is 32.1 Å². The van der Waals surface area contributed by atoms with Crippen molar-refractivity contribution in [2.45, 2.75) is 70.7 Å². The van der Waals surface area contributed by atoms with E-state index in [1.807, 2.05) is 26.0 Å². The molecule has 4 bridgehead atoms. The smallest absolute Gasteiger partial charge is 0.407 e. The molecule has 2 aliphatic rings. The Morgan fingerprint density at radius 2 is 1.97 bits per heavy atom. The predicted molar refractivity (Wildman–Crippen MR) is 113 cm³/mol. The Labute approximate surface area is 182 Å². The number of aliphatic carboxylic acids is 1. The highest BCUT2D eigenvalue weighted by Gasteiger charge is 2.43. The molecule has 1 aromatic carbocycles. The predicted octanol–water partition coefficient (Wildman–Crippen LogP) is 2.73. The van der Waals surface area contributed by atoms with Gasteiger partial charge < -0.3 is 24.8 Å². The maximum atomic E-state index is 13.2. The van der Waals surface area contributed by atoms with Crippen molar-refractivity contribution in [3.05, 3.63) is 35.4 Å². The minimum absolute atomic E-state index is 0.176. The van der Waals surface area contributed by atoms with Gasteiger partial charge in [0.25, 0.3) is 0 Å². The monoisotopic (exact) mass is 432 g/mol. The number of nitrogens with zero attached hydrogens (tertiary/aromatic N) is 1. The van der Waals surface area contributed by atoms with Gasteiger partial charge in [-0.05, 0) is 42.7 Å². The second-order valence-electron chi connectivity index (χ2n) is 8.65. The number of carbonyl (C=O) groups is 3. The maximum Gasteiger partial charge on any atom is 0.407 e. The fourth-order valence-electron chi connectivity index (χ4n) is 4.12. The number of amides is 2. The zero-order valence-electron chi connectivity index (χ0n) is 18.2. The molecule has 8 heteroatoms. The third-order valence-corrected chi connectivity index (χ3v) is 5.86. The number of rotatable bonds is 2. The summed E-state index contributed by atoms with van der Waals surface area (Å²) in [6.45, 7) is 4.44. The number of nitrogens with one attached hydrogen (secondary N) is 1. The Kier molecular flexibility index (Phi) is 7.90. The van der Waals surface area contributed by atoms with Crippen LogP contribution < -0.4 is 5.32 Å². The first-order chi connectivity index (χ1) is 14.8. The zero-order valence-corrected chi connectivity index (χ0v) is 18.2. The minimum atomic E-state index is -1.07. The van der Waals surface area contributed by atoms with Crippen LogP contribution in [0.25, 0.3) is 0 Å². The van der Waals surface area contributed by atoms with Gasteiger partial charge in [0.2, 0.25) is 5.91 Å². The highest BCUT2D eigenvalue weighted by atomic mass is 16.5. The fourth-order valence-corrected chi connectivity index (χ4v) is 4.12. The summed E-state index contributed by atoms with van der Waals surface area (Å²) in [7, 11) is 0. The van der Waals surface area contributed by atoms with E-state index in [1.165, 1.54) is 10.5 Å². The van der Waals surface area contributed by atoms with Crippen LogP contribution in [0.4, 0.5) is 4.79 Å². The summed E-state index contributed by atoms with van der Waals surface area (Å²) in [6, 6.07) is 6.33. The van der Waals surface area contributed by atoms with E-state index in [0.717, 1.165) is 31.2 Å². The van der Waals surface area contributed by atoms with Crippen molar-refractivity contribution in [1.29, 1.82) is 0 Å². The number of carboxylic acid groups (broad SMARTS) is 1. The Hall–Kier alpha value is -2.61. The lowest BCUT2D eigenvalue weighted by molar-refractivity contribution is -0.149. The first-order valence-corrected chi connectivity index (χ1v) is 11.0. The standard InChI is InChI=1S/C23H32N2O6/c1-15(2)20-21(26)25-13-18(12-19(25)22(27)28)31-14-17-9-6-8-16(11-17)7-4-3-5-10-30-23(29)24-20/h6,8-9,11,15,18-20H,3-5,7,10,12-14H2,1-2H3,(H,24,29)(H,27,28)/t18-,19+,20+/m1/s1. The molecule has 2 N–H and O–H groups in total. The number of fused-ring (bicyclic) bond motifs is 4. The fraction of sp³-hybridized carbons (Fsp3) is 0.609. The van der Waals surface area contributed by atoms with Gasteiger partial charge in [-0.2, -0.15) is 0 Å². The van der Waals surface area contributed by atoms with E-state index in [-0.39, 0.29) is 31.6 Å². The molecule has 0 aliphatic carbocycles. The van der Waals surface area contributed by atoms with Gasteiger partial charge in [-0.3, -0.25) is 4.79 Å². The van der Waals surface area contributed by atoms with Crippen LogP contribution in [0, 0.1) is 5.92 Å². The van der Waals surface area contributed by atoms with Crippen LogP contribution in [0.15, 0.2) is 24.3 Å². The van der Waals surface area contributed by atoms with Gasteiger partial charge in [0.05, 0.1) is 19.3 Å². The number of carbonyl (C=O) groups excluding carboxylic acids is 2. The van der Waals surface area contributed by atoms with Gasteiger partial charge >= 0.3 is 12.1 Å². The van der Waals surface area contributed by atoms with Gasteiger partial charge in [0, 0.05) is 13.0 Å². The molecule has 1 fully saturated rings. The summed E-state index contributed by atoms with van der Waals surface area (Å²) < 4.78 is 11.2. The van der Waals surface area contributed by atoms with Crippen molar-refractivity contribution in [2.75, 3.05) is 13.2 Å². The summed E-state index contributed by atoms with van der Waals surface area (Å²) in [6.07, 6.45) is 2.77. The van der Waals surface area contributed by atoms with E-state index < -0.39 is 30.1 Å². The molecule has 8 nitrogen and oxygen atoms in total. The van der Waals surface area contributed by atoms with E-state index in [1.54, 1.807) is 0 Å². The largest absolute Gasteiger partial charge is 0.480 e. The molecule has 0 radical (unpaired) electrons. The van der Waals surface area contributed by atoms with Gasteiger partial charge in [0.1, 0.15) is 12.1 Å². The molecule has 1 aromatic rings. The van der Waals surface area contributed by atoms with E-state index >= 15 is 0 Å². The summed E-state index contributed by atoms with van der Waals surface area (Å²) in [5.74, 6) is -1.71. The molecule has 3 rings (SSSR count). The number of hydrogen-bond donors (Lipinski definition) is 2. The Morgan fingerprint density at radius 1 is 1.19 bits per heavy atom. The van der Waals surface area contributed by atoms with Crippen molar-refractivity contribution >= 4 is 18.0 Å². The van der Waals surface area contributed by atoms with E-state index in [2.05, 4.69) is 17.4 Å². The van der Waals surface area contributed by atoms with Crippen LogP contribution >= 0.6 is 0 Å².